The summed E-state index contributed by atoms with van der Waals surface area (Å²) >= 11 is 1.51. The van der Waals surface area contributed by atoms with Gasteiger partial charge in [0.15, 0.2) is 11.0 Å². The van der Waals surface area contributed by atoms with E-state index in [1.54, 1.807) is 0 Å². The van der Waals surface area contributed by atoms with Gasteiger partial charge < -0.3 is 9.47 Å². The Bertz CT molecular complexity index is 1080. The zero-order valence-electron chi connectivity index (χ0n) is 19.9. The number of fused-ring (bicyclic) bond motifs is 1. The molecule has 1 aliphatic rings. The minimum atomic E-state index is -0.235. The number of aromatic nitrogens is 3. The fourth-order valence-corrected chi connectivity index (χ4v) is 5.42. The molecule has 1 amide bonds. The monoisotopic (exact) mass is 463 g/mol. The molecule has 33 heavy (non-hydrogen) atoms. The lowest BCUT2D eigenvalue weighted by Crippen LogP contribution is -2.40. The van der Waals surface area contributed by atoms with Crippen molar-refractivity contribution < 1.29 is 4.79 Å². The van der Waals surface area contributed by atoms with Crippen molar-refractivity contribution in [1.82, 2.24) is 24.6 Å². The first-order chi connectivity index (χ1) is 16.0. The molecule has 0 aliphatic carbocycles. The number of thioether (sulfide) groups is 1. The summed E-state index contributed by atoms with van der Waals surface area (Å²) in [5.41, 5.74) is 3.80. The van der Waals surface area contributed by atoms with E-state index in [0.29, 0.717) is 13.1 Å². The Labute approximate surface area is 201 Å². The number of carbonyl (C=O) groups excluding carboxylic acids is 1. The van der Waals surface area contributed by atoms with Crippen molar-refractivity contribution in [1.29, 1.82) is 0 Å². The predicted octanol–water partition coefficient (Wildman–Crippen LogP) is 4.40. The number of nitrogens with zero attached hydrogens (tertiary/aromatic N) is 5. The topological polar surface area (TPSA) is 54.3 Å². The molecule has 0 radical (unpaired) electrons. The molecule has 0 N–H and O–H groups in total. The molecule has 0 saturated heterocycles. The summed E-state index contributed by atoms with van der Waals surface area (Å²) in [6, 6.07) is 18.9. The average molecular weight is 464 g/mol. The van der Waals surface area contributed by atoms with E-state index < -0.39 is 0 Å². The van der Waals surface area contributed by atoms with Gasteiger partial charge in [-0.3, -0.25) is 9.69 Å². The van der Waals surface area contributed by atoms with Gasteiger partial charge >= 0.3 is 0 Å². The van der Waals surface area contributed by atoms with E-state index in [-0.39, 0.29) is 17.2 Å². The standard InChI is InChI=1S/C26H33N5OS/c1-5-23(29(3)4)24-27-28-26(31(24)17-20-11-7-6-8-12-20)33-19(2)25(32)30-16-15-21-13-9-10-14-22(21)18-30/h6-14,19,23H,5,15-18H2,1-4H3/t19-,23+/m0/s1. The van der Waals surface area contributed by atoms with Crippen molar-refractivity contribution in [3.05, 3.63) is 77.1 Å². The third-order valence-corrected chi connectivity index (χ3v) is 7.38. The summed E-state index contributed by atoms with van der Waals surface area (Å²) in [5.74, 6) is 1.10. The molecule has 0 saturated carbocycles. The highest BCUT2D eigenvalue weighted by Gasteiger charge is 2.28. The largest absolute Gasteiger partial charge is 0.337 e. The van der Waals surface area contributed by atoms with Crippen molar-refractivity contribution in [2.24, 2.45) is 0 Å². The molecule has 1 aliphatic heterocycles. The number of amides is 1. The van der Waals surface area contributed by atoms with Crippen LogP contribution in [0, 0.1) is 0 Å². The van der Waals surface area contributed by atoms with E-state index >= 15 is 0 Å². The Kier molecular flexibility index (Phi) is 7.50. The Hall–Kier alpha value is -2.64. The maximum Gasteiger partial charge on any atom is 0.236 e. The SMILES string of the molecule is CC[C@H](c1nnc(S[C@@H](C)C(=O)N2CCc3ccccc3C2)n1Cc1ccccc1)N(C)C. The molecule has 0 spiro atoms. The van der Waals surface area contributed by atoms with Crippen LogP contribution < -0.4 is 0 Å². The van der Waals surface area contributed by atoms with Gasteiger partial charge in [0.05, 0.1) is 17.8 Å². The van der Waals surface area contributed by atoms with Crippen LogP contribution >= 0.6 is 11.8 Å². The predicted molar refractivity (Wildman–Crippen MR) is 133 cm³/mol. The molecule has 2 aromatic carbocycles. The van der Waals surface area contributed by atoms with E-state index in [2.05, 4.69) is 83.1 Å². The van der Waals surface area contributed by atoms with E-state index in [4.69, 9.17) is 0 Å². The maximum absolute atomic E-state index is 13.3. The molecule has 0 fully saturated rings. The summed E-state index contributed by atoms with van der Waals surface area (Å²) in [6.45, 7) is 6.28. The maximum atomic E-state index is 13.3. The minimum Gasteiger partial charge on any atom is -0.337 e. The van der Waals surface area contributed by atoms with Gasteiger partial charge in [-0.15, -0.1) is 10.2 Å². The number of carbonyl (C=O) groups is 1. The Morgan fingerprint density at radius 2 is 1.76 bits per heavy atom. The fraction of sp³-hybridized carbons (Fsp3) is 0.423. The summed E-state index contributed by atoms with van der Waals surface area (Å²) in [7, 11) is 4.14. The van der Waals surface area contributed by atoms with E-state index in [1.165, 1.54) is 28.5 Å². The number of rotatable bonds is 8. The second kappa shape index (κ2) is 10.5. The number of hydrogen-bond donors (Lipinski definition) is 0. The van der Waals surface area contributed by atoms with Gasteiger partial charge in [0.1, 0.15) is 0 Å². The number of benzene rings is 2. The van der Waals surface area contributed by atoms with Gasteiger partial charge in [0.25, 0.3) is 0 Å². The van der Waals surface area contributed by atoms with Gasteiger partial charge in [-0.2, -0.15) is 0 Å². The smallest absolute Gasteiger partial charge is 0.236 e. The molecule has 2 heterocycles. The Balaban J connectivity index is 1.55. The number of hydrogen-bond acceptors (Lipinski definition) is 5. The van der Waals surface area contributed by atoms with Crippen LogP contribution in [0.25, 0.3) is 0 Å². The summed E-state index contributed by atoms with van der Waals surface area (Å²) in [6.07, 6.45) is 1.85. The first-order valence-corrected chi connectivity index (χ1v) is 12.5. The van der Waals surface area contributed by atoms with Crippen molar-refractivity contribution in [3.63, 3.8) is 0 Å². The van der Waals surface area contributed by atoms with Crippen LogP contribution in [0.3, 0.4) is 0 Å². The zero-order valence-corrected chi connectivity index (χ0v) is 20.8. The lowest BCUT2D eigenvalue weighted by atomic mass is 10.00. The van der Waals surface area contributed by atoms with Crippen molar-refractivity contribution in [3.8, 4) is 0 Å². The Morgan fingerprint density at radius 1 is 1.06 bits per heavy atom. The zero-order chi connectivity index (χ0) is 23.4. The lowest BCUT2D eigenvalue weighted by molar-refractivity contribution is -0.131. The van der Waals surface area contributed by atoms with Crippen LogP contribution in [0.1, 0.15) is 48.8 Å². The molecule has 0 unspecified atom stereocenters. The molecule has 3 aromatic rings. The lowest BCUT2D eigenvalue weighted by Gasteiger charge is -2.30. The van der Waals surface area contributed by atoms with Crippen LogP contribution in [-0.4, -0.2) is 56.4 Å². The van der Waals surface area contributed by atoms with E-state index in [9.17, 15) is 4.79 Å². The van der Waals surface area contributed by atoms with Crippen LogP contribution in [0.2, 0.25) is 0 Å². The highest BCUT2D eigenvalue weighted by atomic mass is 32.2. The molecule has 7 heteroatoms. The van der Waals surface area contributed by atoms with E-state index in [1.807, 2.05) is 24.0 Å². The van der Waals surface area contributed by atoms with Crippen LogP contribution in [0.5, 0.6) is 0 Å². The van der Waals surface area contributed by atoms with Gasteiger partial charge in [0.2, 0.25) is 5.91 Å². The molecular formula is C26H33N5OS. The summed E-state index contributed by atoms with van der Waals surface area (Å²) < 4.78 is 2.18. The van der Waals surface area contributed by atoms with Crippen LogP contribution in [0.15, 0.2) is 59.8 Å². The average Bonchev–Trinajstić information content (AvgIpc) is 3.20. The third kappa shape index (κ3) is 5.31. The van der Waals surface area contributed by atoms with Crippen LogP contribution in [0.4, 0.5) is 0 Å². The molecule has 0 bridgehead atoms. The van der Waals surface area contributed by atoms with Gasteiger partial charge in [-0.05, 0) is 50.6 Å². The normalized spacial score (nSPS) is 15.4. The first kappa shape index (κ1) is 23.5. The molecule has 4 rings (SSSR count). The van der Waals surface area contributed by atoms with Gasteiger partial charge in [0, 0.05) is 13.1 Å². The fourth-order valence-electron chi connectivity index (χ4n) is 4.48. The molecule has 1 aromatic heterocycles. The Morgan fingerprint density at radius 3 is 2.45 bits per heavy atom. The molecule has 174 valence electrons. The first-order valence-electron chi connectivity index (χ1n) is 11.6. The van der Waals surface area contributed by atoms with Crippen molar-refractivity contribution in [2.45, 2.75) is 56.2 Å². The second-order valence-electron chi connectivity index (χ2n) is 8.84. The molecular weight excluding hydrogens is 430 g/mol. The van der Waals surface area contributed by atoms with Crippen molar-refractivity contribution >= 4 is 17.7 Å². The van der Waals surface area contributed by atoms with Gasteiger partial charge in [-0.1, -0.05) is 73.3 Å². The summed E-state index contributed by atoms with van der Waals surface area (Å²) in [4.78, 5) is 17.5. The molecule has 6 nitrogen and oxygen atoms in total. The third-order valence-electron chi connectivity index (χ3n) is 6.31. The summed E-state index contributed by atoms with van der Waals surface area (Å²) in [5, 5.41) is 9.69. The minimum absolute atomic E-state index is 0.157. The highest BCUT2D eigenvalue weighted by molar-refractivity contribution is 8.00. The van der Waals surface area contributed by atoms with Gasteiger partial charge in [-0.25, -0.2) is 0 Å². The second-order valence-corrected chi connectivity index (χ2v) is 10.1. The highest BCUT2D eigenvalue weighted by Crippen LogP contribution is 2.30. The van der Waals surface area contributed by atoms with E-state index in [0.717, 1.165) is 30.4 Å². The van der Waals surface area contributed by atoms with Crippen molar-refractivity contribution in [2.75, 3.05) is 20.6 Å². The molecule has 2 atom stereocenters. The quantitative estimate of drug-likeness (QED) is 0.464. The van der Waals surface area contributed by atoms with Crippen LogP contribution in [-0.2, 0) is 24.3 Å².